The topological polar surface area (TPSA) is 59.6 Å². The number of hydrogen-bond donors (Lipinski definition) is 2. The average Bonchev–Trinajstić information content (AvgIpc) is 2.79. The second kappa shape index (κ2) is 6.00. The molecule has 0 aromatic heterocycles. The van der Waals surface area contributed by atoms with Gasteiger partial charge in [0.05, 0.1) is 19.3 Å². The number of rotatable bonds is 3. The molecule has 1 unspecified atom stereocenters. The lowest BCUT2D eigenvalue weighted by Crippen LogP contribution is -2.53. The van der Waals surface area contributed by atoms with Crippen molar-refractivity contribution in [2.45, 2.75) is 76.8 Å². The maximum atomic E-state index is 12.1. The number of carbonyl (C=O) groups is 1. The first kappa shape index (κ1) is 15.7. The first-order valence-electron chi connectivity index (χ1n) is 7.66. The third-order valence-corrected chi connectivity index (χ3v) is 3.94. The van der Waals surface area contributed by atoms with Crippen LogP contribution in [-0.2, 0) is 14.3 Å². The SMILES string of the molecule is CC(NC1CCC2(CC1)OCCO2)C(=O)NC(C)(C)C. The van der Waals surface area contributed by atoms with Gasteiger partial charge in [-0.3, -0.25) is 4.79 Å². The molecule has 1 atom stereocenters. The van der Waals surface area contributed by atoms with Gasteiger partial charge in [-0.05, 0) is 40.5 Å². The van der Waals surface area contributed by atoms with Crippen LogP contribution in [-0.4, -0.2) is 42.5 Å². The summed E-state index contributed by atoms with van der Waals surface area (Å²) in [5.74, 6) is -0.263. The Morgan fingerprint density at radius 2 is 1.75 bits per heavy atom. The van der Waals surface area contributed by atoms with Gasteiger partial charge in [0.15, 0.2) is 5.79 Å². The van der Waals surface area contributed by atoms with E-state index in [-0.39, 0.29) is 23.3 Å². The van der Waals surface area contributed by atoms with Gasteiger partial charge in [-0.1, -0.05) is 0 Å². The molecule has 1 heterocycles. The van der Waals surface area contributed by atoms with Crippen molar-refractivity contribution in [2.24, 2.45) is 0 Å². The Kier molecular flexibility index (Phi) is 4.72. The van der Waals surface area contributed by atoms with Crippen LogP contribution in [0, 0.1) is 0 Å². The molecule has 116 valence electrons. The molecule has 5 nitrogen and oxygen atoms in total. The zero-order valence-electron chi connectivity index (χ0n) is 13.1. The van der Waals surface area contributed by atoms with Crippen molar-refractivity contribution in [3.8, 4) is 0 Å². The Bertz CT molecular complexity index is 336. The average molecular weight is 284 g/mol. The lowest BCUT2D eigenvalue weighted by atomic mass is 9.89. The fourth-order valence-corrected chi connectivity index (χ4v) is 2.92. The highest BCUT2D eigenvalue weighted by atomic mass is 16.7. The summed E-state index contributed by atoms with van der Waals surface area (Å²) in [7, 11) is 0. The molecule has 0 bridgehead atoms. The standard InChI is InChI=1S/C15H28N2O3/c1-11(13(18)17-14(2,3)4)16-12-5-7-15(8-6-12)19-9-10-20-15/h11-12,16H,5-10H2,1-4H3,(H,17,18). The van der Waals surface area contributed by atoms with Gasteiger partial charge >= 0.3 is 0 Å². The zero-order chi connectivity index (χ0) is 14.8. The Morgan fingerprint density at radius 1 is 1.20 bits per heavy atom. The number of hydrogen-bond acceptors (Lipinski definition) is 4. The van der Waals surface area contributed by atoms with Crippen LogP contribution < -0.4 is 10.6 Å². The normalized spacial score (nSPS) is 24.8. The Labute approximate surface area is 121 Å². The minimum atomic E-state index is -0.324. The van der Waals surface area contributed by atoms with E-state index in [0.717, 1.165) is 25.7 Å². The molecule has 2 aliphatic rings. The van der Waals surface area contributed by atoms with Gasteiger partial charge in [0.1, 0.15) is 0 Å². The maximum absolute atomic E-state index is 12.1. The van der Waals surface area contributed by atoms with E-state index < -0.39 is 0 Å². The predicted molar refractivity (Wildman–Crippen MR) is 77.4 cm³/mol. The molecule has 1 spiro atoms. The number of nitrogens with one attached hydrogen (secondary N) is 2. The number of carbonyl (C=O) groups excluding carboxylic acids is 1. The van der Waals surface area contributed by atoms with E-state index >= 15 is 0 Å². The van der Waals surface area contributed by atoms with Crippen LogP contribution >= 0.6 is 0 Å². The van der Waals surface area contributed by atoms with Crippen LogP contribution in [0.5, 0.6) is 0 Å². The summed E-state index contributed by atoms with van der Waals surface area (Å²) >= 11 is 0. The molecule has 20 heavy (non-hydrogen) atoms. The van der Waals surface area contributed by atoms with E-state index in [2.05, 4.69) is 10.6 Å². The quantitative estimate of drug-likeness (QED) is 0.826. The summed E-state index contributed by atoms with van der Waals surface area (Å²) in [4.78, 5) is 12.1. The van der Waals surface area contributed by atoms with Crippen LogP contribution in [0.3, 0.4) is 0 Å². The van der Waals surface area contributed by atoms with E-state index in [1.807, 2.05) is 27.7 Å². The summed E-state index contributed by atoms with van der Waals surface area (Å²) in [5, 5.41) is 6.43. The summed E-state index contributed by atoms with van der Waals surface area (Å²) in [6, 6.07) is 0.202. The molecule has 1 aliphatic heterocycles. The van der Waals surface area contributed by atoms with Gasteiger partial charge < -0.3 is 20.1 Å². The van der Waals surface area contributed by atoms with Crippen molar-refractivity contribution >= 4 is 5.91 Å². The largest absolute Gasteiger partial charge is 0.350 e. The van der Waals surface area contributed by atoms with E-state index in [9.17, 15) is 4.79 Å². The monoisotopic (exact) mass is 284 g/mol. The molecule has 1 saturated carbocycles. The predicted octanol–water partition coefficient (Wildman–Crippen LogP) is 1.56. The molecule has 0 aromatic carbocycles. The van der Waals surface area contributed by atoms with Gasteiger partial charge in [0.2, 0.25) is 5.91 Å². The van der Waals surface area contributed by atoms with Crippen molar-refractivity contribution in [1.29, 1.82) is 0 Å². The highest BCUT2D eigenvalue weighted by molar-refractivity contribution is 5.81. The zero-order valence-corrected chi connectivity index (χ0v) is 13.1. The molecule has 1 saturated heterocycles. The van der Waals surface area contributed by atoms with Gasteiger partial charge in [-0.2, -0.15) is 0 Å². The summed E-state index contributed by atoms with van der Waals surface area (Å²) in [6.45, 7) is 9.34. The van der Waals surface area contributed by atoms with Crippen LogP contribution in [0.1, 0.15) is 53.4 Å². The Hall–Kier alpha value is -0.650. The molecule has 1 amide bonds. The molecule has 2 N–H and O–H groups in total. The molecule has 5 heteroatoms. The molecule has 0 aromatic rings. The highest BCUT2D eigenvalue weighted by Gasteiger charge is 2.40. The van der Waals surface area contributed by atoms with E-state index in [1.165, 1.54) is 0 Å². The Morgan fingerprint density at radius 3 is 2.25 bits per heavy atom. The summed E-state index contributed by atoms with van der Waals surface area (Å²) in [6.07, 6.45) is 3.82. The molecule has 2 rings (SSSR count). The van der Waals surface area contributed by atoms with Gasteiger partial charge in [-0.25, -0.2) is 0 Å². The Balaban J connectivity index is 1.76. The van der Waals surface area contributed by atoms with E-state index in [0.29, 0.717) is 19.3 Å². The molecule has 0 radical (unpaired) electrons. The van der Waals surface area contributed by atoms with Crippen molar-refractivity contribution in [2.75, 3.05) is 13.2 Å². The minimum absolute atomic E-state index is 0.0613. The molecular weight excluding hydrogens is 256 g/mol. The second-order valence-corrected chi connectivity index (χ2v) is 7.01. The van der Waals surface area contributed by atoms with Crippen LogP contribution in [0.15, 0.2) is 0 Å². The third-order valence-electron chi connectivity index (χ3n) is 3.94. The van der Waals surface area contributed by atoms with Crippen molar-refractivity contribution in [3.63, 3.8) is 0 Å². The fraction of sp³-hybridized carbons (Fsp3) is 0.933. The fourth-order valence-electron chi connectivity index (χ4n) is 2.92. The van der Waals surface area contributed by atoms with E-state index in [1.54, 1.807) is 0 Å². The van der Waals surface area contributed by atoms with Gasteiger partial charge in [0.25, 0.3) is 0 Å². The number of ether oxygens (including phenoxy) is 2. The molecule has 2 fully saturated rings. The van der Waals surface area contributed by atoms with Crippen molar-refractivity contribution < 1.29 is 14.3 Å². The van der Waals surface area contributed by atoms with Crippen LogP contribution in [0.25, 0.3) is 0 Å². The minimum Gasteiger partial charge on any atom is -0.350 e. The lowest BCUT2D eigenvalue weighted by Gasteiger charge is -2.36. The van der Waals surface area contributed by atoms with Crippen molar-refractivity contribution in [1.82, 2.24) is 10.6 Å². The second-order valence-electron chi connectivity index (χ2n) is 7.01. The highest BCUT2D eigenvalue weighted by Crippen LogP contribution is 2.35. The number of amides is 1. The summed E-state index contributed by atoms with van der Waals surface area (Å²) < 4.78 is 11.4. The first-order valence-corrected chi connectivity index (χ1v) is 7.66. The molecule has 1 aliphatic carbocycles. The smallest absolute Gasteiger partial charge is 0.237 e. The lowest BCUT2D eigenvalue weighted by molar-refractivity contribution is -0.179. The third kappa shape index (κ3) is 4.17. The van der Waals surface area contributed by atoms with E-state index in [4.69, 9.17) is 9.47 Å². The van der Waals surface area contributed by atoms with Crippen LogP contribution in [0.2, 0.25) is 0 Å². The molecular formula is C15H28N2O3. The first-order chi connectivity index (χ1) is 9.30. The van der Waals surface area contributed by atoms with Crippen molar-refractivity contribution in [3.05, 3.63) is 0 Å². The van der Waals surface area contributed by atoms with Gasteiger partial charge in [-0.15, -0.1) is 0 Å². The summed E-state index contributed by atoms with van der Waals surface area (Å²) in [5.41, 5.74) is -0.185. The maximum Gasteiger partial charge on any atom is 0.237 e. The van der Waals surface area contributed by atoms with Crippen LogP contribution in [0.4, 0.5) is 0 Å². The van der Waals surface area contributed by atoms with Gasteiger partial charge in [0, 0.05) is 24.4 Å².